The third kappa shape index (κ3) is 4.83. The van der Waals surface area contributed by atoms with E-state index in [0.29, 0.717) is 25.6 Å². The standard InChI is InChI=1S/C16H14ClNO4S2/c1-9(14-15(20)18-16(23)24-14)3-4-10-7-11(17)5-6-12(10)22-8-13(19)21-2/h3-7H,8H2,1-2H3,(H,18,20,23). The second kappa shape index (κ2) is 8.32. The predicted octanol–water partition coefficient (Wildman–Crippen LogP) is 3.33. The Morgan fingerprint density at radius 3 is 2.83 bits per heavy atom. The van der Waals surface area contributed by atoms with Crippen LogP contribution in [0.25, 0.3) is 6.08 Å². The molecule has 0 radical (unpaired) electrons. The van der Waals surface area contributed by atoms with Gasteiger partial charge in [-0.05, 0) is 30.7 Å². The number of carbonyl (C=O) groups excluding carboxylic acids is 2. The number of nitrogens with one attached hydrogen (secondary N) is 1. The first-order valence-corrected chi connectivity index (χ1v) is 8.42. The Labute approximate surface area is 154 Å². The summed E-state index contributed by atoms with van der Waals surface area (Å²) in [6, 6.07) is 5.03. The van der Waals surface area contributed by atoms with Crippen LogP contribution in [-0.2, 0) is 14.3 Å². The van der Waals surface area contributed by atoms with Gasteiger partial charge >= 0.3 is 5.97 Å². The van der Waals surface area contributed by atoms with E-state index in [-0.39, 0.29) is 12.5 Å². The number of benzene rings is 1. The molecule has 1 aromatic carbocycles. The second-order valence-corrected chi connectivity index (χ2v) is 6.86. The summed E-state index contributed by atoms with van der Waals surface area (Å²) in [5.74, 6) is -0.205. The number of allylic oxidation sites excluding steroid dienone is 2. The van der Waals surface area contributed by atoms with Gasteiger partial charge in [0.15, 0.2) is 6.61 Å². The van der Waals surface area contributed by atoms with E-state index in [0.717, 1.165) is 5.57 Å². The third-order valence-electron chi connectivity index (χ3n) is 3.03. The number of hydrogen-bond donors (Lipinski definition) is 1. The van der Waals surface area contributed by atoms with Gasteiger partial charge in [0.2, 0.25) is 0 Å². The van der Waals surface area contributed by atoms with Crippen molar-refractivity contribution in [2.75, 3.05) is 13.7 Å². The van der Waals surface area contributed by atoms with Crippen LogP contribution in [0.1, 0.15) is 12.5 Å². The van der Waals surface area contributed by atoms with E-state index in [1.165, 1.54) is 18.9 Å². The minimum atomic E-state index is -0.481. The molecule has 0 atom stereocenters. The van der Waals surface area contributed by atoms with E-state index in [4.69, 9.17) is 28.6 Å². The van der Waals surface area contributed by atoms with Crippen LogP contribution in [0.15, 0.2) is 34.8 Å². The molecule has 0 aromatic heterocycles. The van der Waals surface area contributed by atoms with Gasteiger partial charge in [-0.2, -0.15) is 0 Å². The summed E-state index contributed by atoms with van der Waals surface area (Å²) in [7, 11) is 1.29. The molecule has 0 spiro atoms. The zero-order chi connectivity index (χ0) is 17.7. The Bertz CT molecular complexity index is 758. The van der Waals surface area contributed by atoms with Gasteiger partial charge in [0.25, 0.3) is 5.91 Å². The highest BCUT2D eigenvalue weighted by Gasteiger charge is 2.23. The lowest BCUT2D eigenvalue weighted by atomic mass is 10.1. The maximum absolute atomic E-state index is 11.8. The maximum Gasteiger partial charge on any atom is 0.343 e. The molecule has 2 rings (SSSR count). The minimum absolute atomic E-state index is 0.203. The molecule has 0 saturated carbocycles. The van der Waals surface area contributed by atoms with Crippen LogP contribution >= 0.6 is 35.6 Å². The number of amides is 1. The first-order chi connectivity index (χ1) is 11.4. The first-order valence-electron chi connectivity index (χ1n) is 6.82. The van der Waals surface area contributed by atoms with Gasteiger partial charge < -0.3 is 14.8 Å². The zero-order valence-electron chi connectivity index (χ0n) is 12.9. The molecule has 1 N–H and O–H groups in total. The number of halogens is 1. The van der Waals surface area contributed by atoms with Crippen LogP contribution in [-0.4, -0.2) is 29.9 Å². The lowest BCUT2D eigenvalue weighted by Gasteiger charge is -2.08. The Morgan fingerprint density at radius 2 is 2.21 bits per heavy atom. The fraction of sp³-hybridized carbons (Fsp3) is 0.188. The SMILES string of the molecule is COC(=O)COc1ccc(Cl)cc1C=CC(C)=C1SC(=S)NC1=O. The van der Waals surface area contributed by atoms with Gasteiger partial charge in [-0.3, -0.25) is 4.79 Å². The Morgan fingerprint density at radius 1 is 1.46 bits per heavy atom. The number of methoxy groups -OCH3 is 1. The molecule has 5 nitrogen and oxygen atoms in total. The Hall–Kier alpha value is -1.83. The average molecular weight is 384 g/mol. The topological polar surface area (TPSA) is 64.6 Å². The summed E-state index contributed by atoms with van der Waals surface area (Å²) in [5.41, 5.74) is 1.44. The molecule has 0 bridgehead atoms. The van der Waals surface area contributed by atoms with Gasteiger partial charge in [-0.25, -0.2) is 4.79 Å². The predicted molar refractivity (Wildman–Crippen MR) is 99.0 cm³/mol. The van der Waals surface area contributed by atoms with Crippen LogP contribution in [0, 0.1) is 0 Å². The van der Waals surface area contributed by atoms with Crippen molar-refractivity contribution in [3.8, 4) is 5.75 Å². The normalized spacial score (nSPS) is 16.3. The summed E-state index contributed by atoms with van der Waals surface area (Å²) >= 11 is 12.2. The molecule has 8 heteroatoms. The van der Waals surface area contributed by atoms with Gasteiger partial charge in [0, 0.05) is 10.6 Å². The maximum atomic E-state index is 11.8. The fourth-order valence-electron chi connectivity index (χ4n) is 1.84. The van der Waals surface area contributed by atoms with Crippen LogP contribution in [0.5, 0.6) is 5.75 Å². The average Bonchev–Trinajstić information content (AvgIpc) is 2.89. The number of hydrogen-bond acceptors (Lipinski definition) is 6. The van der Waals surface area contributed by atoms with Gasteiger partial charge in [-0.1, -0.05) is 47.7 Å². The summed E-state index contributed by atoms with van der Waals surface area (Å²) in [4.78, 5) is 23.5. The molecule has 1 heterocycles. The van der Waals surface area contributed by atoms with Crippen LogP contribution in [0.4, 0.5) is 0 Å². The van der Waals surface area contributed by atoms with Gasteiger partial charge in [0.05, 0.1) is 12.0 Å². The Kier molecular flexibility index (Phi) is 6.42. The van der Waals surface area contributed by atoms with Crippen molar-refractivity contribution in [1.29, 1.82) is 0 Å². The molecule has 1 fully saturated rings. The highest BCUT2D eigenvalue weighted by atomic mass is 35.5. The second-order valence-electron chi connectivity index (χ2n) is 4.74. The van der Waals surface area contributed by atoms with E-state index >= 15 is 0 Å². The van der Waals surface area contributed by atoms with E-state index in [1.54, 1.807) is 30.4 Å². The van der Waals surface area contributed by atoms with Crippen molar-refractivity contribution in [3.05, 3.63) is 45.3 Å². The summed E-state index contributed by atoms with van der Waals surface area (Å²) in [5, 5.41) is 3.10. The van der Waals surface area contributed by atoms with E-state index in [9.17, 15) is 9.59 Å². The van der Waals surface area contributed by atoms with Crippen molar-refractivity contribution < 1.29 is 19.1 Å². The van der Waals surface area contributed by atoms with E-state index in [2.05, 4.69) is 10.1 Å². The lowest BCUT2D eigenvalue weighted by Crippen LogP contribution is -2.18. The summed E-state index contributed by atoms with van der Waals surface area (Å²) in [6.45, 7) is 1.61. The zero-order valence-corrected chi connectivity index (χ0v) is 15.3. The summed E-state index contributed by atoms with van der Waals surface area (Å²) < 4.78 is 10.4. The minimum Gasteiger partial charge on any atom is -0.481 e. The smallest absolute Gasteiger partial charge is 0.343 e. The third-order valence-corrected chi connectivity index (χ3v) is 4.62. The molecular formula is C16H14ClNO4S2. The highest BCUT2D eigenvalue weighted by Crippen LogP contribution is 2.29. The van der Waals surface area contributed by atoms with Crippen molar-refractivity contribution in [2.24, 2.45) is 0 Å². The van der Waals surface area contributed by atoms with Crippen LogP contribution < -0.4 is 10.1 Å². The van der Waals surface area contributed by atoms with E-state index in [1.807, 2.05) is 6.92 Å². The summed E-state index contributed by atoms with van der Waals surface area (Å²) in [6.07, 6.45) is 3.53. The van der Waals surface area contributed by atoms with Crippen molar-refractivity contribution in [3.63, 3.8) is 0 Å². The van der Waals surface area contributed by atoms with Crippen molar-refractivity contribution in [2.45, 2.75) is 6.92 Å². The molecule has 1 aliphatic heterocycles. The van der Waals surface area contributed by atoms with Gasteiger partial charge in [-0.15, -0.1) is 0 Å². The molecular weight excluding hydrogens is 370 g/mol. The van der Waals surface area contributed by atoms with Crippen molar-refractivity contribution in [1.82, 2.24) is 5.32 Å². The number of thiocarbonyl (C=S) groups is 1. The van der Waals surface area contributed by atoms with E-state index < -0.39 is 5.97 Å². The Balaban J connectivity index is 2.23. The quantitative estimate of drug-likeness (QED) is 0.478. The molecule has 1 aliphatic rings. The molecule has 0 unspecified atom stereocenters. The molecule has 1 aromatic rings. The number of ether oxygens (including phenoxy) is 2. The highest BCUT2D eigenvalue weighted by molar-refractivity contribution is 8.26. The van der Waals surface area contributed by atoms with Crippen molar-refractivity contribution >= 4 is 57.9 Å². The lowest BCUT2D eigenvalue weighted by molar-refractivity contribution is -0.142. The number of thioether (sulfide) groups is 1. The number of esters is 1. The van der Waals surface area contributed by atoms with Gasteiger partial charge in [0.1, 0.15) is 10.1 Å². The molecule has 0 aliphatic carbocycles. The monoisotopic (exact) mass is 383 g/mol. The first kappa shape index (κ1) is 18.5. The fourth-order valence-corrected chi connectivity index (χ4v) is 3.07. The molecule has 1 amide bonds. The molecule has 24 heavy (non-hydrogen) atoms. The molecule has 126 valence electrons. The number of rotatable bonds is 5. The van der Waals surface area contributed by atoms with Crippen LogP contribution in [0.2, 0.25) is 5.02 Å². The largest absolute Gasteiger partial charge is 0.481 e. The number of carbonyl (C=O) groups is 2. The molecule has 1 saturated heterocycles. The van der Waals surface area contributed by atoms with Crippen LogP contribution in [0.3, 0.4) is 0 Å².